The molecule has 40 heavy (non-hydrogen) atoms. The molecule has 0 spiro atoms. The average Bonchev–Trinajstić information content (AvgIpc) is 2.97. The molecule has 14 heteroatoms. The number of likely N-dealkylation sites (tertiary alicyclic amines) is 1. The lowest BCUT2D eigenvalue weighted by atomic mass is 10.1. The number of imide groups is 1. The van der Waals surface area contributed by atoms with Crippen molar-refractivity contribution in [3.63, 3.8) is 0 Å². The van der Waals surface area contributed by atoms with Crippen molar-refractivity contribution >= 4 is 50.5 Å². The third-order valence-corrected chi connectivity index (χ3v) is 6.04. The number of hydrogen-bond acceptors (Lipinski definition) is 11. The number of primary amides is 1. The summed E-state index contributed by atoms with van der Waals surface area (Å²) in [6, 6.07) is 8.25. The molecule has 1 fully saturated rings. The van der Waals surface area contributed by atoms with E-state index in [1.54, 1.807) is 17.6 Å². The van der Waals surface area contributed by atoms with E-state index in [1.807, 2.05) is 12.1 Å². The maximum absolute atomic E-state index is 10.2. The molecule has 1 aromatic carbocycles. The van der Waals surface area contributed by atoms with Gasteiger partial charge >= 0.3 is 0 Å². The van der Waals surface area contributed by atoms with Gasteiger partial charge in [0.15, 0.2) is 0 Å². The summed E-state index contributed by atoms with van der Waals surface area (Å²) in [7, 11) is 3.64. The van der Waals surface area contributed by atoms with E-state index in [1.165, 1.54) is 5.56 Å². The van der Waals surface area contributed by atoms with E-state index in [0.717, 1.165) is 54.9 Å². The number of carbonyl (C=O) groups excluding carboxylic acids is 3. The lowest BCUT2D eigenvalue weighted by Crippen LogP contribution is -2.41. The summed E-state index contributed by atoms with van der Waals surface area (Å²) >= 11 is 1.74. The van der Waals surface area contributed by atoms with E-state index in [-0.39, 0.29) is 12.3 Å². The quantitative estimate of drug-likeness (QED) is 0.0429. The van der Waals surface area contributed by atoms with Crippen LogP contribution in [0.1, 0.15) is 38.2 Å². The summed E-state index contributed by atoms with van der Waals surface area (Å²) in [6.45, 7) is 6.11. The molecule has 2 rings (SSSR count). The molecule has 1 atom stereocenters. The van der Waals surface area contributed by atoms with Crippen molar-refractivity contribution in [3.8, 4) is 5.75 Å². The van der Waals surface area contributed by atoms with Crippen molar-refractivity contribution in [2.45, 2.75) is 39.0 Å². The Hall–Kier alpha value is -2.57. The number of nitrogens with zero attached hydrogens (tertiary/aromatic N) is 3. The molecule has 0 aliphatic carbocycles. The van der Waals surface area contributed by atoms with E-state index in [4.69, 9.17) is 30.0 Å². The van der Waals surface area contributed by atoms with Crippen LogP contribution in [0.3, 0.4) is 0 Å². The number of aryl methyl sites for hydroxylation is 1. The van der Waals surface area contributed by atoms with Crippen LogP contribution in [0.25, 0.3) is 0 Å². The van der Waals surface area contributed by atoms with E-state index in [9.17, 15) is 9.59 Å². The Bertz CT molecular complexity index is 817. The first-order chi connectivity index (χ1) is 19.6. The van der Waals surface area contributed by atoms with Gasteiger partial charge in [-0.15, -0.1) is 11.4 Å². The van der Waals surface area contributed by atoms with Crippen molar-refractivity contribution in [2.75, 3.05) is 59.0 Å². The Kier molecular flexibility index (Phi) is 30.6. The van der Waals surface area contributed by atoms with Crippen molar-refractivity contribution in [2.24, 2.45) is 21.7 Å². The summed E-state index contributed by atoms with van der Waals surface area (Å²) in [6.07, 6.45) is 7.24. The Balaban J connectivity index is 0. The average molecular weight is 604 g/mol. The second-order valence-electron chi connectivity index (χ2n) is 7.68. The molecule has 1 saturated heterocycles. The van der Waals surface area contributed by atoms with E-state index >= 15 is 0 Å². The van der Waals surface area contributed by atoms with Crippen LogP contribution in [0.15, 0.2) is 34.4 Å². The van der Waals surface area contributed by atoms with E-state index < -0.39 is 0 Å². The smallest absolute Gasteiger partial charge is 0.230 e. The molecular formula is C26H46N5O7PS. The van der Waals surface area contributed by atoms with Crippen LogP contribution in [0.4, 0.5) is 0 Å². The highest BCUT2D eigenvalue weighted by molar-refractivity contribution is 8.43. The van der Waals surface area contributed by atoms with Crippen molar-refractivity contribution in [1.82, 2.24) is 4.90 Å². The topological polar surface area (TPSA) is 179 Å². The first kappa shape index (κ1) is 39.6. The first-order valence-electron chi connectivity index (χ1n) is 12.9. The zero-order valence-corrected chi connectivity index (χ0v) is 25.6. The van der Waals surface area contributed by atoms with Crippen LogP contribution < -0.4 is 16.3 Å². The summed E-state index contributed by atoms with van der Waals surface area (Å²) < 4.78 is 16.7. The number of ether oxygens (including phenoxy) is 3. The zero-order chi connectivity index (χ0) is 30.3. The molecule has 1 aromatic rings. The molecule has 1 heterocycles. The number of nitrogens with two attached hydrogens (primary N) is 2. The summed E-state index contributed by atoms with van der Waals surface area (Å²) in [4.78, 5) is 33.9. The van der Waals surface area contributed by atoms with Crippen LogP contribution in [-0.4, -0.2) is 99.6 Å². The highest BCUT2D eigenvalue weighted by Gasteiger charge is 2.21. The molecule has 1 aliphatic rings. The Morgan fingerprint density at radius 2 is 1.75 bits per heavy atom. The van der Waals surface area contributed by atoms with Gasteiger partial charge in [0.25, 0.3) is 0 Å². The van der Waals surface area contributed by atoms with Gasteiger partial charge in [-0.05, 0) is 42.7 Å². The molecule has 0 bridgehead atoms. The fraction of sp³-hybridized carbons (Fsp3) is 0.577. The fourth-order valence-electron chi connectivity index (χ4n) is 2.81. The third kappa shape index (κ3) is 23.3. The van der Waals surface area contributed by atoms with Crippen LogP contribution in [-0.2, 0) is 30.3 Å². The van der Waals surface area contributed by atoms with E-state index in [2.05, 4.69) is 43.3 Å². The maximum atomic E-state index is 10.2. The van der Waals surface area contributed by atoms with Gasteiger partial charge in [0.2, 0.25) is 18.7 Å². The van der Waals surface area contributed by atoms with Gasteiger partial charge in [-0.3, -0.25) is 24.3 Å². The van der Waals surface area contributed by atoms with Crippen LogP contribution in [0.2, 0.25) is 0 Å². The molecule has 12 nitrogen and oxygen atoms in total. The van der Waals surface area contributed by atoms with Gasteiger partial charge in [0.1, 0.15) is 12.4 Å². The fourth-order valence-corrected chi connectivity index (χ4v) is 3.62. The van der Waals surface area contributed by atoms with Gasteiger partial charge in [0.05, 0.1) is 38.7 Å². The van der Waals surface area contributed by atoms with Crippen LogP contribution in [0.5, 0.6) is 5.75 Å². The van der Waals surface area contributed by atoms with Crippen LogP contribution >= 0.6 is 19.8 Å². The molecular weight excluding hydrogens is 557 g/mol. The molecule has 0 aromatic heterocycles. The van der Waals surface area contributed by atoms with E-state index in [0.29, 0.717) is 59.0 Å². The summed E-state index contributed by atoms with van der Waals surface area (Å²) in [5.41, 5.74) is 6.33. The molecule has 1 aliphatic heterocycles. The predicted molar refractivity (Wildman–Crippen MR) is 165 cm³/mol. The Morgan fingerprint density at radius 1 is 1.12 bits per heavy atom. The molecule has 3 amide bonds. The lowest BCUT2D eigenvalue weighted by Gasteiger charge is -2.22. The monoisotopic (exact) mass is 603 g/mol. The lowest BCUT2D eigenvalue weighted by molar-refractivity contribution is -0.145. The minimum atomic E-state index is -0.0602. The number of aliphatic hydroxyl groups excluding tert-OH is 1. The van der Waals surface area contributed by atoms with Gasteiger partial charge < -0.3 is 30.9 Å². The molecule has 0 radical (unpaired) electrons. The van der Waals surface area contributed by atoms with Gasteiger partial charge in [0, 0.05) is 26.3 Å². The second-order valence-corrected chi connectivity index (χ2v) is 9.42. The largest absolute Gasteiger partial charge is 0.491 e. The SMILES string of the molecule is CCCc1ccc(OCCOCCOCCN=C/C(CCCSP)=N\N)cc1.CO.NC=O.O=CN1CCC1=O. The zero-order valence-electron chi connectivity index (χ0n) is 23.6. The van der Waals surface area contributed by atoms with Gasteiger partial charge in [-0.1, -0.05) is 33.9 Å². The molecule has 228 valence electrons. The maximum Gasteiger partial charge on any atom is 0.230 e. The van der Waals surface area contributed by atoms with Crippen molar-refractivity contribution in [1.29, 1.82) is 0 Å². The second kappa shape index (κ2) is 31.0. The van der Waals surface area contributed by atoms with Crippen LogP contribution in [0, 0.1) is 0 Å². The van der Waals surface area contributed by atoms with Crippen molar-refractivity contribution in [3.05, 3.63) is 29.8 Å². The number of benzene rings is 1. The molecule has 0 saturated carbocycles. The Morgan fingerprint density at radius 3 is 2.23 bits per heavy atom. The number of amides is 3. The highest BCUT2D eigenvalue weighted by atomic mass is 32.7. The predicted octanol–water partition coefficient (Wildman–Crippen LogP) is 1.83. The molecule has 5 N–H and O–H groups in total. The highest BCUT2D eigenvalue weighted by Crippen LogP contribution is 2.13. The number of hydrazone groups is 1. The molecule has 1 unspecified atom stereocenters. The third-order valence-electron chi connectivity index (χ3n) is 4.81. The number of β-lactam (4-membered cyclic amide) rings is 1. The van der Waals surface area contributed by atoms with Crippen molar-refractivity contribution < 1.29 is 33.7 Å². The number of rotatable bonds is 18. The number of aliphatic hydroxyl groups is 1. The minimum Gasteiger partial charge on any atom is -0.491 e. The Labute approximate surface area is 244 Å². The standard InChI is InChI=1S/C20H34N3O3PS.C4H5NO2.CH3NO.CH4O/c1-2-4-18-6-8-20(9-7-18)26-15-14-25-13-12-24-11-10-22-17-19(23-21)5-3-16-28-27;6-3-5-2-1-4(5)7;2-1-3;1-2/h6-9,17H,2-5,10-16,21,27H2,1H3;3H,1-2H2;1H,(H2,2,3);2H,1H3/b22-17?,23-19-;;;. The van der Waals surface area contributed by atoms with Gasteiger partial charge in [-0.2, -0.15) is 5.10 Å². The number of hydrogen-bond donors (Lipinski definition) is 3. The summed E-state index contributed by atoms with van der Waals surface area (Å²) in [5, 5.41) is 10.7. The minimum absolute atomic E-state index is 0.0602. The first-order valence-corrected chi connectivity index (χ1v) is 15.3. The number of carbonyl (C=O) groups is 3. The normalized spacial score (nSPS) is 12.2. The van der Waals surface area contributed by atoms with Gasteiger partial charge in [-0.25, -0.2) is 0 Å². The summed E-state index contributed by atoms with van der Waals surface area (Å²) in [5.74, 6) is 7.24. The number of aliphatic imine (C=N–C) groups is 1.